The molecule has 174 valence electrons. The van der Waals surface area contributed by atoms with Gasteiger partial charge < -0.3 is 14.4 Å². The summed E-state index contributed by atoms with van der Waals surface area (Å²) in [7, 11) is 3.30. The first kappa shape index (κ1) is 23.0. The molecular formula is C24H34N4O3S. The Morgan fingerprint density at radius 2 is 1.66 bits per heavy atom. The van der Waals surface area contributed by atoms with Gasteiger partial charge >= 0.3 is 0 Å². The van der Waals surface area contributed by atoms with Gasteiger partial charge in [-0.1, -0.05) is 37.9 Å². The second-order valence-electron chi connectivity index (χ2n) is 8.92. The molecule has 8 heteroatoms. The van der Waals surface area contributed by atoms with E-state index in [-0.39, 0.29) is 5.91 Å². The van der Waals surface area contributed by atoms with E-state index in [9.17, 15) is 4.79 Å². The number of likely N-dealkylation sites (tertiary alicyclic amines) is 1. The van der Waals surface area contributed by atoms with Crippen molar-refractivity contribution in [3.8, 4) is 22.9 Å². The molecule has 7 nitrogen and oxygen atoms in total. The molecule has 1 aromatic carbocycles. The summed E-state index contributed by atoms with van der Waals surface area (Å²) in [5, 5.41) is 9.93. The third kappa shape index (κ3) is 5.22. The van der Waals surface area contributed by atoms with Crippen LogP contribution >= 0.6 is 11.8 Å². The molecule has 0 bridgehead atoms. The molecule has 2 fully saturated rings. The smallest absolute Gasteiger partial charge is 0.233 e. The number of ether oxygens (including phenoxy) is 2. The SMILES string of the molecule is COc1cc(OC)cc(-c2nnc(SCC(=O)N3CCC(C)CC3)n2C2CCCCC2)c1. The van der Waals surface area contributed by atoms with Gasteiger partial charge in [0, 0.05) is 30.8 Å². The van der Waals surface area contributed by atoms with E-state index >= 15 is 0 Å². The first-order valence-electron chi connectivity index (χ1n) is 11.7. The molecule has 0 spiro atoms. The third-order valence-electron chi connectivity index (χ3n) is 6.68. The molecule has 1 aromatic heterocycles. The summed E-state index contributed by atoms with van der Waals surface area (Å²) in [6, 6.07) is 6.15. The van der Waals surface area contributed by atoms with Crippen LogP contribution in [0.5, 0.6) is 11.5 Å². The molecule has 1 aliphatic carbocycles. The molecule has 2 aliphatic rings. The lowest BCUT2D eigenvalue weighted by molar-refractivity contribution is -0.129. The summed E-state index contributed by atoms with van der Waals surface area (Å²) in [6.07, 6.45) is 8.09. The molecule has 1 saturated carbocycles. The standard InChI is InChI=1S/C24H34N4O3S/c1-17-9-11-27(12-10-17)22(29)16-32-24-26-25-23(28(24)19-7-5-4-6-8-19)18-13-20(30-2)15-21(14-18)31-3/h13-15,17,19H,4-12,16H2,1-3H3. The summed E-state index contributed by atoms with van der Waals surface area (Å²) in [6.45, 7) is 3.99. The Balaban J connectivity index is 1.59. The number of amides is 1. The summed E-state index contributed by atoms with van der Waals surface area (Å²) >= 11 is 1.51. The maximum atomic E-state index is 12.8. The monoisotopic (exact) mass is 458 g/mol. The number of hydrogen-bond acceptors (Lipinski definition) is 6. The number of benzene rings is 1. The van der Waals surface area contributed by atoms with Crippen molar-refractivity contribution >= 4 is 17.7 Å². The molecule has 1 amide bonds. The van der Waals surface area contributed by atoms with Crippen LogP contribution in [0.15, 0.2) is 23.4 Å². The molecule has 0 atom stereocenters. The van der Waals surface area contributed by atoms with E-state index in [0.717, 1.165) is 66.8 Å². The highest BCUT2D eigenvalue weighted by Crippen LogP contribution is 2.37. The molecule has 1 saturated heterocycles. The van der Waals surface area contributed by atoms with E-state index in [2.05, 4.69) is 21.7 Å². The molecule has 2 heterocycles. The Labute approximate surface area is 194 Å². The molecule has 2 aromatic rings. The van der Waals surface area contributed by atoms with E-state index < -0.39 is 0 Å². The van der Waals surface area contributed by atoms with E-state index in [1.54, 1.807) is 14.2 Å². The minimum atomic E-state index is 0.199. The molecule has 4 rings (SSSR count). The summed E-state index contributed by atoms with van der Waals surface area (Å²) < 4.78 is 13.2. The van der Waals surface area contributed by atoms with E-state index in [0.29, 0.717) is 17.7 Å². The van der Waals surface area contributed by atoms with E-state index in [4.69, 9.17) is 9.47 Å². The van der Waals surface area contributed by atoms with Gasteiger partial charge in [0.1, 0.15) is 11.5 Å². The Bertz CT molecular complexity index is 896. The quantitative estimate of drug-likeness (QED) is 0.554. The van der Waals surface area contributed by atoms with Gasteiger partial charge in [0.2, 0.25) is 5.91 Å². The Morgan fingerprint density at radius 3 is 2.28 bits per heavy atom. The number of aromatic nitrogens is 3. The maximum Gasteiger partial charge on any atom is 0.233 e. The lowest BCUT2D eigenvalue weighted by Gasteiger charge is -2.30. The van der Waals surface area contributed by atoms with Crippen LogP contribution in [0.2, 0.25) is 0 Å². The minimum Gasteiger partial charge on any atom is -0.497 e. The van der Waals surface area contributed by atoms with Gasteiger partial charge in [-0.25, -0.2) is 0 Å². The molecule has 0 radical (unpaired) electrons. The summed E-state index contributed by atoms with van der Waals surface area (Å²) in [4.78, 5) is 14.8. The minimum absolute atomic E-state index is 0.199. The largest absolute Gasteiger partial charge is 0.497 e. The number of thioether (sulfide) groups is 1. The lowest BCUT2D eigenvalue weighted by atomic mass is 9.95. The second-order valence-corrected chi connectivity index (χ2v) is 9.86. The average molecular weight is 459 g/mol. The lowest BCUT2D eigenvalue weighted by Crippen LogP contribution is -2.39. The van der Waals surface area contributed by atoms with Crippen LogP contribution in [-0.4, -0.2) is 58.6 Å². The molecular weight excluding hydrogens is 424 g/mol. The van der Waals surface area contributed by atoms with E-state index in [1.165, 1.54) is 31.0 Å². The third-order valence-corrected chi connectivity index (χ3v) is 7.60. The zero-order valence-electron chi connectivity index (χ0n) is 19.4. The second kappa shape index (κ2) is 10.6. The Kier molecular flexibility index (Phi) is 7.60. The highest BCUT2D eigenvalue weighted by molar-refractivity contribution is 7.99. The van der Waals surface area contributed by atoms with Crippen LogP contribution in [0, 0.1) is 5.92 Å². The summed E-state index contributed by atoms with van der Waals surface area (Å²) in [5.41, 5.74) is 0.919. The summed E-state index contributed by atoms with van der Waals surface area (Å²) in [5.74, 6) is 3.58. The Morgan fingerprint density at radius 1 is 1.00 bits per heavy atom. The number of nitrogens with zero attached hydrogens (tertiary/aromatic N) is 4. The van der Waals surface area contributed by atoms with Gasteiger partial charge in [0.15, 0.2) is 11.0 Å². The van der Waals surface area contributed by atoms with Crippen molar-refractivity contribution in [3.05, 3.63) is 18.2 Å². The number of methoxy groups -OCH3 is 2. The van der Waals surface area contributed by atoms with Gasteiger partial charge in [-0.15, -0.1) is 10.2 Å². The number of piperidine rings is 1. The fourth-order valence-corrected chi connectivity index (χ4v) is 5.56. The normalized spacial score (nSPS) is 18.0. The molecule has 0 N–H and O–H groups in total. The first-order chi connectivity index (χ1) is 15.6. The van der Waals surface area contributed by atoms with Crippen LogP contribution in [0.1, 0.15) is 57.9 Å². The van der Waals surface area contributed by atoms with E-state index in [1.807, 2.05) is 23.1 Å². The van der Waals surface area contributed by atoms with Crippen LogP contribution in [-0.2, 0) is 4.79 Å². The zero-order valence-corrected chi connectivity index (χ0v) is 20.2. The predicted octanol–water partition coefficient (Wildman–Crippen LogP) is 4.82. The first-order valence-corrected chi connectivity index (χ1v) is 12.7. The van der Waals surface area contributed by atoms with Gasteiger partial charge in [-0.3, -0.25) is 9.36 Å². The predicted molar refractivity (Wildman–Crippen MR) is 126 cm³/mol. The number of carbonyl (C=O) groups is 1. The highest BCUT2D eigenvalue weighted by atomic mass is 32.2. The van der Waals surface area contributed by atoms with Gasteiger partial charge in [0.25, 0.3) is 0 Å². The van der Waals surface area contributed by atoms with Gasteiger partial charge in [-0.05, 0) is 43.7 Å². The molecule has 0 unspecified atom stereocenters. The van der Waals surface area contributed by atoms with Gasteiger partial charge in [0.05, 0.1) is 20.0 Å². The van der Waals surface area contributed by atoms with Crippen molar-refractivity contribution in [1.29, 1.82) is 0 Å². The van der Waals surface area contributed by atoms with Crippen molar-refractivity contribution in [3.63, 3.8) is 0 Å². The fourth-order valence-electron chi connectivity index (χ4n) is 4.65. The van der Waals surface area contributed by atoms with Crippen molar-refractivity contribution in [2.24, 2.45) is 5.92 Å². The van der Waals surface area contributed by atoms with Crippen molar-refractivity contribution in [1.82, 2.24) is 19.7 Å². The number of hydrogen-bond donors (Lipinski definition) is 0. The van der Waals surface area contributed by atoms with Crippen molar-refractivity contribution in [2.75, 3.05) is 33.1 Å². The topological polar surface area (TPSA) is 69.5 Å². The molecule has 32 heavy (non-hydrogen) atoms. The number of carbonyl (C=O) groups excluding carboxylic acids is 1. The van der Waals surface area contributed by atoms with Crippen LogP contribution in [0.4, 0.5) is 0 Å². The Hall–Kier alpha value is -2.22. The highest BCUT2D eigenvalue weighted by Gasteiger charge is 2.26. The van der Waals surface area contributed by atoms with Gasteiger partial charge in [-0.2, -0.15) is 0 Å². The van der Waals surface area contributed by atoms with Crippen LogP contribution < -0.4 is 9.47 Å². The van der Waals surface area contributed by atoms with Crippen molar-refractivity contribution in [2.45, 2.75) is 63.1 Å². The fraction of sp³-hybridized carbons (Fsp3) is 0.625. The zero-order chi connectivity index (χ0) is 22.5. The number of rotatable bonds is 7. The average Bonchev–Trinajstić information content (AvgIpc) is 3.27. The van der Waals surface area contributed by atoms with Crippen molar-refractivity contribution < 1.29 is 14.3 Å². The molecule has 1 aliphatic heterocycles. The van der Waals surface area contributed by atoms with Crippen LogP contribution in [0.25, 0.3) is 11.4 Å². The maximum absolute atomic E-state index is 12.8. The van der Waals surface area contributed by atoms with Crippen LogP contribution in [0.3, 0.4) is 0 Å².